The van der Waals surface area contributed by atoms with Crippen molar-refractivity contribution >= 4 is 29.6 Å². The summed E-state index contributed by atoms with van der Waals surface area (Å²) in [5, 5.41) is 35.1. The van der Waals surface area contributed by atoms with E-state index >= 15 is 0 Å². The Kier molecular flexibility index (Phi) is 24.3. The van der Waals surface area contributed by atoms with Gasteiger partial charge in [-0.2, -0.15) is 0 Å². The number of carbonyl (C=O) groups is 5. The van der Waals surface area contributed by atoms with Gasteiger partial charge in [-0.15, -0.1) is 0 Å². The number of hydroxylamine groups is 4. The maximum Gasteiger partial charge on any atom is 0.303 e. The largest absolute Gasteiger partial charge is 0.481 e. The Morgan fingerprint density at radius 2 is 0.976 bits per heavy atom. The first-order valence-corrected chi connectivity index (χ1v) is 15.8. The lowest BCUT2D eigenvalue weighted by Crippen LogP contribution is -2.31. The topological polar surface area (TPSA) is 177 Å². The predicted molar refractivity (Wildman–Crippen MR) is 159 cm³/mol. The van der Waals surface area contributed by atoms with Crippen LogP contribution in [0.4, 0.5) is 0 Å². The zero-order valence-corrected chi connectivity index (χ0v) is 25.9. The van der Waals surface area contributed by atoms with Gasteiger partial charge in [0.2, 0.25) is 23.6 Å². The molecule has 0 unspecified atom stereocenters. The standard InChI is InChI=1S/C30H56N4O8/c1-25(2)15-9-5-3-4-6-10-16-28(37)33(41)23-13-7-11-21-31-26(35)17-19-29(38)34(42)24-14-8-12-22-32-27(36)18-20-30(39)40/h25,41-42H,3-24H2,1-2H3,(H,31,35)(H,32,36)(H,39,40). The highest BCUT2D eigenvalue weighted by atomic mass is 16.5. The van der Waals surface area contributed by atoms with E-state index in [-0.39, 0.29) is 56.5 Å². The highest BCUT2D eigenvalue weighted by Crippen LogP contribution is 2.12. The summed E-state index contributed by atoms with van der Waals surface area (Å²) < 4.78 is 0. The second kappa shape index (κ2) is 25.9. The van der Waals surface area contributed by atoms with Crippen LogP contribution in [0.25, 0.3) is 0 Å². The molecule has 0 atom stereocenters. The van der Waals surface area contributed by atoms with E-state index in [9.17, 15) is 34.4 Å². The summed E-state index contributed by atoms with van der Waals surface area (Å²) in [7, 11) is 0. The predicted octanol–water partition coefficient (Wildman–Crippen LogP) is 4.42. The van der Waals surface area contributed by atoms with Crippen LogP contribution in [-0.2, 0) is 24.0 Å². The fraction of sp³-hybridized carbons (Fsp3) is 0.833. The lowest BCUT2D eigenvalue weighted by Gasteiger charge is -2.15. The Bertz CT molecular complexity index is 778. The molecule has 0 aromatic heterocycles. The number of carbonyl (C=O) groups excluding carboxylic acids is 4. The van der Waals surface area contributed by atoms with Crippen molar-refractivity contribution in [2.24, 2.45) is 5.92 Å². The average Bonchev–Trinajstić information content (AvgIpc) is 2.94. The Morgan fingerprint density at radius 1 is 0.548 bits per heavy atom. The van der Waals surface area contributed by atoms with Crippen molar-refractivity contribution in [3.63, 3.8) is 0 Å². The molecule has 0 aliphatic rings. The second-order valence-electron chi connectivity index (χ2n) is 11.3. The summed E-state index contributed by atoms with van der Waals surface area (Å²) in [6, 6.07) is 0. The Hall–Kier alpha value is -2.73. The molecule has 0 radical (unpaired) electrons. The molecule has 0 fully saturated rings. The van der Waals surface area contributed by atoms with E-state index in [0.29, 0.717) is 56.7 Å². The zero-order valence-electron chi connectivity index (χ0n) is 25.9. The fourth-order valence-electron chi connectivity index (χ4n) is 4.24. The lowest BCUT2D eigenvalue weighted by atomic mass is 10.0. The van der Waals surface area contributed by atoms with Crippen molar-refractivity contribution in [1.29, 1.82) is 0 Å². The van der Waals surface area contributed by atoms with Gasteiger partial charge in [0.1, 0.15) is 0 Å². The molecular formula is C30H56N4O8. The molecule has 42 heavy (non-hydrogen) atoms. The molecule has 12 heteroatoms. The van der Waals surface area contributed by atoms with Gasteiger partial charge < -0.3 is 15.7 Å². The van der Waals surface area contributed by atoms with Crippen LogP contribution >= 0.6 is 0 Å². The van der Waals surface area contributed by atoms with Gasteiger partial charge in [-0.25, -0.2) is 10.1 Å². The van der Waals surface area contributed by atoms with Crippen LogP contribution in [0, 0.1) is 5.92 Å². The van der Waals surface area contributed by atoms with Gasteiger partial charge in [0, 0.05) is 51.9 Å². The molecule has 0 aliphatic heterocycles. The maximum atomic E-state index is 12.0. The summed E-state index contributed by atoms with van der Waals surface area (Å²) in [5.41, 5.74) is 0. The normalized spacial score (nSPS) is 10.9. The molecule has 0 saturated carbocycles. The Morgan fingerprint density at radius 3 is 1.48 bits per heavy atom. The van der Waals surface area contributed by atoms with Gasteiger partial charge in [-0.1, -0.05) is 52.4 Å². The summed E-state index contributed by atoms with van der Waals surface area (Å²) in [5.74, 6) is -1.66. The molecule has 0 spiro atoms. The molecule has 0 aliphatic carbocycles. The highest BCUT2D eigenvalue weighted by molar-refractivity contribution is 5.83. The second-order valence-corrected chi connectivity index (χ2v) is 11.3. The molecule has 0 bridgehead atoms. The third kappa shape index (κ3) is 25.0. The molecular weight excluding hydrogens is 544 g/mol. The fourth-order valence-corrected chi connectivity index (χ4v) is 4.24. The van der Waals surface area contributed by atoms with Crippen molar-refractivity contribution in [3.8, 4) is 0 Å². The summed E-state index contributed by atoms with van der Waals surface area (Å²) >= 11 is 0. The maximum absolute atomic E-state index is 12.0. The SMILES string of the molecule is CC(C)CCCCCCCCC(=O)N(O)CCCCCNC(=O)CCC(=O)N(O)CCCCCNC(=O)CCC(=O)O. The first-order chi connectivity index (χ1) is 20.0. The van der Waals surface area contributed by atoms with Crippen LogP contribution in [0.2, 0.25) is 0 Å². The summed E-state index contributed by atoms with van der Waals surface area (Å²) in [6.07, 6.45) is 11.7. The number of hydrogen-bond donors (Lipinski definition) is 5. The number of nitrogens with zero attached hydrogens (tertiary/aromatic N) is 2. The average molecular weight is 601 g/mol. The first kappa shape index (κ1) is 39.3. The van der Waals surface area contributed by atoms with Crippen molar-refractivity contribution < 1.29 is 39.5 Å². The van der Waals surface area contributed by atoms with Crippen molar-refractivity contribution in [1.82, 2.24) is 20.8 Å². The van der Waals surface area contributed by atoms with E-state index in [1.165, 1.54) is 25.7 Å². The highest BCUT2D eigenvalue weighted by Gasteiger charge is 2.13. The van der Waals surface area contributed by atoms with Gasteiger partial charge in [0.25, 0.3) is 0 Å². The van der Waals surface area contributed by atoms with E-state index in [4.69, 9.17) is 5.11 Å². The number of hydrogen-bond acceptors (Lipinski definition) is 7. The molecule has 0 aromatic carbocycles. The van der Waals surface area contributed by atoms with Gasteiger partial charge in [-0.3, -0.25) is 34.4 Å². The van der Waals surface area contributed by atoms with Gasteiger partial charge >= 0.3 is 5.97 Å². The third-order valence-electron chi connectivity index (χ3n) is 6.87. The van der Waals surface area contributed by atoms with Crippen LogP contribution < -0.4 is 10.6 Å². The minimum atomic E-state index is -1.02. The van der Waals surface area contributed by atoms with Gasteiger partial charge in [0.05, 0.1) is 6.42 Å². The van der Waals surface area contributed by atoms with E-state index in [1.54, 1.807) is 0 Å². The molecule has 4 amide bonds. The molecule has 0 aromatic rings. The molecule has 244 valence electrons. The minimum absolute atomic E-state index is 0.0326. The van der Waals surface area contributed by atoms with E-state index in [0.717, 1.165) is 36.7 Å². The van der Waals surface area contributed by atoms with E-state index in [2.05, 4.69) is 24.5 Å². The van der Waals surface area contributed by atoms with Crippen LogP contribution in [-0.4, -0.2) is 81.4 Å². The molecule has 12 nitrogen and oxygen atoms in total. The van der Waals surface area contributed by atoms with Crippen LogP contribution in [0.1, 0.15) is 129 Å². The molecule has 0 saturated heterocycles. The van der Waals surface area contributed by atoms with Crippen LogP contribution in [0.3, 0.4) is 0 Å². The van der Waals surface area contributed by atoms with Crippen molar-refractivity contribution in [2.75, 3.05) is 26.2 Å². The van der Waals surface area contributed by atoms with Crippen LogP contribution in [0.15, 0.2) is 0 Å². The molecule has 0 heterocycles. The Labute approximate surface area is 251 Å². The van der Waals surface area contributed by atoms with Crippen LogP contribution in [0.5, 0.6) is 0 Å². The minimum Gasteiger partial charge on any atom is -0.481 e. The number of rotatable bonds is 27. The number of nitrogens with one attached hydrogen (secondary N) is 2. The summed E-state index contributed by atoms with van der Waals surface area (Å²) in [6.45, 7) is 5.69. The first-order valence-electron chi connectivity index (χ1n) is 15.8. The van der Waals surface area contributed by atoms with E-state index < -0.39 is 11.9 Å². The van der Waals surface area contributed by atoms with Gasteiger partial charge in [-0.05, 0) is 50.9 Å². The lowest BCUT2D eigenvalue weighted by molar-refractivity contribution is -0.166. The summed E-state index contributed by atoms with van der Waals surface area (Å²) in [4.78, 5) is 57.9. The molecule has 5 N–H and O–H groups in total. The number of amides is 4. The number of unbranched alkanes of at least 4 members (excludes halogenated alkanes) is 9. The van der Waals surface area contributed by atoms with Crippen molar-refractivity contribution in [3.05, 3.63) is 0 Å². The van der Waals surface area contributed by atoms with E-state index in [1.807, 2.05) is 0 Å². The zero-order chi connectivity index (χ0) is 31.6. The third-order valence-corrected chi connectivity index (χ3v) is 6.87. The monoisotopic (exact) mass is 600 g/mol. The number of aliphatic carboxylic acids is 1. The van der Waals surface area contributed by atoms with Gasteiger partial charge in [0.15, 0.2) is 0 Å². The van der Waals surface area contributed by atoms with Crippen molar-refractivity contribution in [2.45, 2.75) is 129 Å². The Balaban J connectivity index is 3.68. The quantitative estimate of drug-likeness (QED) is 0.0523. The molecule has 0 rings (SSSR count). The number of carboxylic acid groups (broad SMARTS) is 1. The smallest absolute Gasteiger partial charge is 0.303 e. The number of carboxylic acids is 1.